The normalized spacial score (nSPS) is 15.6. The maximum absolute atomic E-state index is 11.9. The molecule has 1 unspecified atom stereocenters. The Hall–Kier alpha value is -1.96. The largest absolute Gasteiger partial charge is 0.285 e. The third-order valence-electron chi connectivity index (χ3n) is 3.00. The molecule has 0 aliphatic carbocycles. The van der Waals surface area contributed by atoms with Crippen molar-refractivity contribution < 1.29 is 14.4 Å². The summed E-state index contributed by atoms with van der Waals surface area (Å²) in [7, 11) is 0. The smallest absolute Gasteiger partial charge is 0.240 e. The van der Waals surface area contributed by atoms with Crippen molar-refractivity contribution in [3.05, 3.63) is 40.3 Å². The van der Waals surface area contributed by atoms with Crippen molar-refractivity contribution in [1.82, 2.24) is 4.31 Å². The number of amides is 2. The van der Waals surface area contributed by atoms with E-state index in [0.717, 1.165) is 9.87 Å². The first kappa shape index (κ1) is 16.4. The Morgan fingerprint density at radius 3 is 2.45 bits per heavy atom. The standard InChI is InChI=1S/C13H12N4O3S2/c14-16-15-9-3-1-8(2-4-9)10(21)7-13(20)22-17-11(18)5-6-12(17)19/h1-4,10,21H,5-7H2. The van der Waals surface area contributed by atoms with Crippen LogP contribution in [0.1, 0.15) is 30.1 Å². The maximum atomic E-state index is 11.9. The van der Waals surface area contributed by atoms with Gasteiger partial charge in [-0.05, 0) is 11.1 Å². The molecule has 1 saturated heterocycles. The van der Waals surface area contributed by atoms with E-state index in [-0.39, 0.29) is 41.4 Å². The molecule has 0 aromatic heterocycles. The number of nitrogens with zero attached hydrogens (tertiary/aromatic N) is 4. The quantitative estimate of drug-likeness (QED) is 0.222. The molecule has 2 rings (SSSR count). The molecule has 7 nitrogen and oxygen atoms in total. The van der Waals surface area contributed by atoms with Crippen LogP contribution in [0.4, 0.5) is 5.69 Å². The van der Waals surface area contributed by atoms with Gasteiger partial charge in [0, 0.05) is 47.1 Å². The van der Waals surface area contributed by atoms with Gasteiger partial charge in [0.2, 0.25) is 16.9 Å². The van der Waals surface area contributed by atoms with Crippen LogP contribution in [-0.4, -0.2) is 21.2 Å². The van der Waals surface area contributed by atoms with Gasteiger partial charge in [-0.3, -0.25) is 14.4 Å². The Morgan fingerprint density at radius 1 is 1.32 bits per heavy atom. The van der Waals surface area contributed by atoms with Crippen LogP contribution in [-0.2, 0) is 14.4 Å². The molecule has 1 heterocycles. The van der Waals surface area contributed by atoms with Crippen LogP contribution in [0.5, 0.6) is 0 Å². The van der Waals surface area contributed by atoms with Gasteiger partial charge in [-0.15, -0.1) is 0 Å². The average molecular weight is 336 g/mol. The van der Waals surface area contributed by atoms with Gasteiger partial charge >= 0.3 is 0 Å². The van der Waals surface area contributed by atoms with Crippen LogP contribution in [0.2, 0.25) is 0 Å². The lowest BCUT2D eigenvalue weighted by Gasteiger charge is -2.13. The van der Waals surface area contributed by atoms with Crippen molar-refractivity contribution in [2.75, 3.05) is 0 Å². The molecular weight excluding hydrogens is 324 g/mol. The average Bonchev–Trinajstić information content (AvgIpc) is 2.80. The van der Waals surface area contributed by atoms with Gasteiger partial charge in [0.05, 0.1) is 0 Å². The van der Waals surface area contributed by atoms with Crippen LogP contribution < -0.4 is 0 Å². The molecule has 1 aliphatic heterocycles. The highest BCUT2D eigenvalue weighted by molar-refractivity contribution is 8.12. The first-order valence-corrected chi connectivity index (χ1v) is 7.70. The number of thiol groups is 1. The van der Waals surface area contributed by atoms with Crippen molar-refractivity contribution >= 4 is 47.2 Å². The topological polar surface area (TPSA) is 103 Å². The number of imide groups is 1. The van der Waals surface area contributed by atoms with E-state index in [1.807, 2.05) is 0 Å². The summed E-state index contributed by atoms with van der Waals surface area (Å²) in [5, 5.41) is 2.79. The van der Waals surface area contributed by atoms with E-state index in [9.17, 15) is 14.4 Å². The monoisotopic (exact) mass is 336 g/mol. The molecule has 1 atom stereocenters. The summed E-state index contributed by atoms with van der Waals surface area (Å²) in [4.78, 5) is 37.5. The van der Waals surface area contributed by atoms with E-state index in [2.05, 4.69) is 22.7 Å². The first-order chi connectivity index (χ1) is 10.5. The Labute approximate surface area is 136 Å². The van der Waals surface area contributed by atoms with E-state index < -0.39 is 0 Å². The zero-order chi connectivity index (χ0) is 16.1. The van der Waals surface area contributed by atoms with E-state index in [4.69, 9.17) is 5.53 Å². The SMILES string of the molecule is [N-]=[N+]=Nc1ccc(C(S)CC(=O)SN2C(=O)CCC2=O)cc1. The zero-order valence-electron chi connectivity index (χ0n) is 11.4. The second-order valence-corrected chi connectivity index (χ2v) is 6.17. The Balaban J connectivity index is 1.94. The molecular formula is C13H12N4O3S2. The lowest BCUT2D eigenvalue weighted by atomic mass is 10.1. The van der Waals surface area contributed by atoms with E-state index in [1.54, 1.807) is 24.3 Å². The van der Waals surface area contributed by atoms with Crippen molar-refractivity contribution in [1.29, 1.82) is 0 Å². The molecule has 0 spiro atoms. The summed E-state index contributed by atoms with van der Waals surface area (Å²) in [6.07, 6.45) is 0.389. The minimum Gasteiger partial charge on any atom is -0.285 e. The van der Waals surface area contributed by atoms with Crippen LogP contribution in [0.25, 0.3) is 10.4 Å². The molecule has 0 bridgehead atoms. The molecule has 1 fully saturated rings. The minimum atomic E-state index is -0.368. The van der Waals surface area contributed by atoms with Gasteiger partial charge in [-0.25, -0.2) is 4.31 Å². The fourth-order valence-electron chi connectivity index (χ4n) is 1.89. The minimum absolute atomic E-state index is 0.0751. The number of hydrogen-bond acceptors (Lipinski definition) is 6. The van der Waals surface area contributed by atoms with Crippen LogP contribution in [0, 0.1) is 0 Å². The van der Waals surface area contributed by atoms with Crippen molar-refractivity contribution in [3.63, 3.8) is 0 Å². The summed E-state index contributed by atoms with van der Waals surface area (Å²) in [5.41, 5.74) is 9.59. The van der Waals surface area contributed by atoms with Crippen LogP contribution in [0.3, 0.4) is 0 Å². The predicted octanol–water partition coefficient (Wildman–Crippen LogP) is 3.31. The highest BCUT2D eigenvalue weighted by Gasteiger charge is 2.32. The van der Waals surface area contributed by atoms with Gasteiger partial charge in [0.15, 0.2) is 0 Å². The molecule has 1 aromatic carbocycles. The second-order valence-electron chi connectivity index (χ2n) is 4.55. The summed E-state index contributed by atoms with van der Waals surface area (Å²) >= 11 is 5.00. The highest BCUT2D eigenvalue weighted by Crippen LogP contribution is 2.30. The molecule has 1 aromatic rings. The molecule has 1 aliphatic rings. The molecule has 0 radical (unpaired) electrons. The third-order valence-corrected chi connectivity index (χ3v) is 4.44. The molecule has 0 saturated carbocycles. The fourth-order valence-corrected chi connectivity index (χ4v) is 3.18. The van der Waals surface area contributed by atoms with Gasteiger partial charge in [0.1, 0.15) is 0 Å². The Bertz CT molecular complexity index is 640. The summed E-state index contributed by atoms with van der Waals surface area (Å²) in [6, 6.07) is 6.68. The van der Waals surface area contributed by atoms with E-state index in [0.29, 0.717) is 17.6 Å². The molecule has 22 heavy (non-hydrogen) atoms. The molecule has 0 N–H and O–H groups in total. The molecule has 9 heteroatoms. The van der Waals surface area contributed by atoms with Gasteiger partial charge in [-0.2, -0.15) is 12.6 Å². The summed E-state index contributed by atoms with van der Waals surface area (Å²) < 4.78 is 0.924. The summed E-state index contributed by atoms with van der Waals surface area (Å²) in [5.74, 6) is -0.671. The third kappa shape index (κ3) is 4.03. The first-order valence-electron chi connectivity index (χ1n) is 6.41. The lowest BCUT2D eigenvalue weighted by Crippen LogP contribution is -2.23. The van der Waals surface area contributed by atoms with E-state index >= 15 is 0 Å². The Kier molecular flexibility index (Phi) is 5.48. The van der Waals surface area contributed by atoms with Crippen LogP contribution >= 0.6 is 24.6 Å². The lowest BCUT2D eigenvalue weighted by molar-refractivity contribution is -0.132. The van der Waals surface area contributed by atoms with Crippen molar-refractivity contribution in [2.24, 2.45) is 5.11 Å². The van der Waals surface area contributed by atoms with Gasteiger partial charge < -0.3 is 0 Å². The highest BCUT2D eigenvalue weighted by atomic mass is 32.2. The number of carbonyl (C=O) groups excluding carboxylic acids is 3. The van der Waals surface area contributed by atoms with Crippen molar-refractivity contribution in [2.45, 2.75) is 24.5 Å². The van der Waals surface area contributed by atoms with Crippen molar-refractivity contribution in [3.8, 4) is 0 Å². The zero-order valence-corrected chi connectivity index (χ0v) is 13.1. The van der Waals surface area contributed by atoms with Gasteiger partial charge in [-0.1, -0.05) is 29.4 Å². The number of carbonyl (C=O) groups is 3. The fraction of sp³-hybridized carbons (Fsp3) is 0.308. The number of benzene rings is 1. The number of azide groups is 1. The summed E-state index contributed by atoms with van der Waals surface area (Å²) in [6.45, 7) is 0. The molecule has 2 amide bonds. The number of hydrogen-bond donors (Lipinski definition) is 1. The number of rotatable bonds is 5. The van der Waals surface area contributed by atoms with E-state index in [1.165, 1.54) is 0 Å². The second kappa shape index (κ2) is 7.35. The Morgan fingerprint density at radius 2 is 1.91 bits per heavy atom. The maximum Gasteiger partial charge on any atom is 0.240 e. The predicted molar refractivity (Wildman–Crippen MR) is 85.3 cm³/mol. The van der Waals surface area contributed by atoms with Gasteiger partial charge in [0.25, 0.3) is 0 Å². The molecule has 114 valence electrons. The van der Waals surface area contributed by atoms with Crippen LogP contribution in [0.15, 0.2) is 29.4 Å².